The molecule has 1 aromatic heterocycles. The van der Waals surface area contributed by atoms with E-state index in [2.05, 4.69) is 38.3 Å². The SMILES string of the molecule is CCNC(=NCC(CCO)CC(C)C)NC(C)c1ccc(C)o1. The van der Waals surface area contributed by atoms with Crippen molar-refractivity contribution in [2.75, 3.05) is 19.7 Å². The van der Waals surface area contributed by atoms with Crippen molar-refractivity contribution < 1.29 is 9.52 Å². The Morgan fingerprint density at radius 2 is 2.04 bits per heavy atom. The van der Waals surface area contributed by atoms with Crippen LogP contribution in [0, 0.1) is 18.8 Å². The smallest absolute Gasteiger partial charge is 0.191 e. The third kappa shape index (κ3) is 7.55. The molecule has 1 rings (SSSR count). The number of nitrogens with zero attached hydrogens (tertiary/aromatic N) is 1. The zero-order valence-corrected chi connectivity index (χ0v) is 15.2. The van der Waals surface area contributed by atoms with E-state index in [9.17, 15) is 5.11 Å². The third-order valence-corrected chi connectivity index (χ3v) is 3.74. The summed E-state index contributed by atoms with van der Waals surface area (Å²) in [7, 11) is 0. The van der Waals surface area contributed by atoms with Crippen LogP contribution in [-0.4, -0.2) is 30.8 Å². The zero-order chi connectivity index (χ0) is 17.2. The maximum absolute atomic E-state index is 9.22. The molecule has 0 amide bonds. The summed E-state index contributed by atoms with van der Waals surface area (Å²) in [5.41, 5.74) is 0. The maximum Gasteiger partial charge on any atom is 0.191 e. The predicted molar refractivity (Wildman–Crippen MR) is 95.6 cm³/mol. The number of hydrogen-bond acceptors (Lipinski definition) is 3. The van der Waals surface area contributed by atoms with Gasteiger partial charge in [0.15, 0.2) is 5.96 Å². The van der Waals surface area contributed by atoms with E-state index < -0.39 is 0 Å². The van der Waals surface area contributed by atoms with Crippen LogP contribution in [-0.2, 0) is 0 Å². The van der Waals surface area contributed by atoms with Crippen molar-refractivity contribution in [2.45, 2.75) is 53.5 Å². The van der Waals surface area contributed by atoms with Crippen LogP contribution in [0.15, 0.2) is 21.5 Å². The highest BCUT2D eigenvalue weighted by molar-refractivity contribution is 5.80. The Hall–Kier alpha value is -1.49. The molecule has 5 nitrogen and oxygen atoms in total. The molecule has 0 aliphatic rings. The summed E-state index contributed by atoms with van der Waals surface area (Å²) in [6.07, 6.45) is 1.88. The molecular formula is C18H33N3O2. The van der Waals surface area contributed by atoms with Crippen molar-refractivity contribution in [1.29, 1.82) is 0 Å². The van der Waals surface area contributed by atoms with Crippen LogP contribution in [0.4, 0.5) is 0 Å². The van der Waals surface area contributed by atoms with E-state index in [-0.39, 0.29) is 12.6 Å². The van der Waals surface area contributed by atoms with Gasteiger partial charge in [-0.15, -0.1) is 0 Å². The first-order valence-electron chi connectivity index (χ1n) is 8.68. The molecule has 1 aromatic rings. The average Bonchev–Trinajstić information content (AvgIpc) is 2.91. The zero-order valence-electron chi connectivity index (χ0n) is 15.2. The van der Waals surface area contributed by atoms with Crippen LogP contribution in [0.1, 0.15) is 58.1 Å². The number of aliphatic imine (C=N–C) groups is 1. The highest BCUT2D eigenvalue weighted by atomic mass is 16.3. The first-order valence-corrected chi connectivity index (χ1v) is 8.68. The van der Waals surface area contributed by atoms with Crippen molar-refractivity contribution in [3.05, 3.63) is 23.7 Å². The van der Waals surface area contributed by atoms with Gasteiger partial charge < -0.3 is 20.2 Å². The number of aliphatic hydroxyl groups excluding tert-OH is 1. The molecule has 0 spiro atoms. The number of hydrogen-bond donors (Lipinski definition) is 3. The van der Waals surface area contributed by atoms with Gasteiger partial charge in [0.2, 0.25) is 0 Å². The van der Waals surface area contributed by atoms with E-state index in [1.807, 2.05) is 19.1 Å². The van der Waals surface area contributed by atoms with Crippen LogP contribution < -0.4 is 10.6 Å². The van der Waals surface area contributed by atoms with Crippen LogP contribution in [0.25, 0.3) is 0 Å². The van der Waals surface area contributed by atoms with Crippen LogP contribution in [0.5, 0.6) is 0 Å². The molecule has 3 N–H and O–H groups in total. The molecule has 0 fully saturated rings. The monoisotopic (exact) mass is 323 g/mol. The summed E-state index contributed by atoms with van der Waals surface area (Å²) < 4.78 is 5.66. The fourth-order valence-electron chi connectivity index (χ4n) is 2.64. The summed E-state index contributed by atoms with van der Waals surface area (Å²) in [5.74, 6) is 3.64. The molecule has 2 unspecified atom stereocenters. The topological polar surface area (TPSA) is 69.8 Å². The van der Waals surface area contributed by atoms with Crippen molar-refractivity contribution in [3.8, 4) is 0 Å². The van der Waals surface area contributed by atoms with E-state index in [1.165, 1.54) is 0 Å². The van der Waals surface area contributed by atoms with Gasteiger partial charge in [0.05, 0.1) is 6.04 Å². The fourth-order valence-corrected chi connectivity index (χ4v) is 2.64. The minimum absolute atomic E-state index is 0.0582. The second kappa shape index (κ2) is 10.3. The van der Waals surface area contributed by atoms with Crippen LogP contribution >= 0.6 is 0 Å². The average molecular weight is 323 g/mol. The molecule has 0 saturated heterocycles. The van der Waals surface area contributed by atoms with Gasteiger partial charge in [-0.25, -0.2) is 0 Å². The van der Waals surface area contributed by atoms with Crippen LogP contribution in [0.3, 0.4) is 0 Å². The lowest BCUT2D eigenvalue weighted by Crippen LogP contribution is -2.39. The molecule has 132 valence electrons. The minimum Gasteiger partial charge on any atom is -0.464 e. The highest BCUT2D eigenvalue weighted by Crippen LogP contribution is 2.17. The second-order valence-corrected chi connectivity index (χ2v) is 6.54. The summed E-state index contributed by atoms with van der Waals surface area (Å²) in [4.78, 5) is 4.70. The summed E-state index contributed by atoms with van der Waals surface area (Å²) in [6.45, 7) is 12.2. The van der Waals surface area contributed by atoms with Gasteiger partial charge >= 0.3 is 0 Å². The van der Waals surface area contributed by atoms with Crippen molar-refractivity contribution in [2.24, 2.45) is 16.8 Å². The standard InChI is InChI=1S/C18H33N3O2/c1-6-19-18(20-12-16(9-10-22)11-13(2)3)21-15(5)17-8-7-14(4)23-17/h7-8,13,15-16,22H,6,9-12H2,1-5H3,(H2,19,20,21). The molecule has 0 radical (unpaired) electrons. The Morgan fingerprint density at radius 1 is 1.30 bits per heavy atom. The number of guanidine groups is 1. The van der Waals surface area contributed by atoms with E-state index in [0.29, 0.717) is 11.8 Å². The number of aryl methyl sites for hydroxylation is 1. The Bertz CT molecular complexity index is 469. The molecule has 1 heterocycles. The molecule has 0 aromatic carbocycles. The van der Waals surface area contributed by atoms with E-state index in [0.717, 1.165) is 43.4 Å². The van der Waals surface area contributed by atoms with E-state index >= 15 is 0 Å². The van der Waals surface area contributed by atoms with E-state index in [4.69, 9.17) is 9.41 Å². The number of furan rings is 1. The molecule has 0 aliphatic heterocycles. The van der Waals surface area contributed by atoms with Crippen molar-refractivity contribution in [1.82, 2.24) is 10.6 Å². The summed E-state index contributed by atoms with van der Waals surface area (Å²) >= 11 is 0. The van der Waals surface area contributed by atoms with Gasteiger partial charge in [-0.3, -0.25) is 4.99 Å². The van der Waals surface area contributed by atoms with Crippen molar-refractivity contribution >= 4 is 5.96 Å². The van der Waals surface area contributed by atoms with E-state index in [1.54, 1.807) is 0 Å². The van der Waals surface area contributed by atoms with Gasteiger partial charge in [0.25, 0.3) is 0 Å². The van der Waals surface area contributed by atoms with Crippen LogP contribution in [0.2, 0.25) is 0 Å². The Kier molecular flexibility index (Phi) is 8.77. The molecule has 0 bridgehead atoms. The Balaban J connectivity index is 2.67. The Morgan fingerprint density at radius 3 is 2.57 bits per heavy atom. The molecule has 0 saturated carbocycles. The normalized spacial score (nSPS) is 14.8. The van der Waals surface area contributed by atoms with Gasteiger partial charge in [-0.1, -0.05) is 13.8 Å². The molecule has 2 atom stereocenters. The maximum atomic E-state index is 9.22. The van der Waals surface area contributed by atoms with Gasteiger partial charge in [-0.05, 0) is 57.6 Å². The fraction of sp³-hybridized carbons (Fsp3) is 0.722. The van der Waals surface area contributed by atoms with Gasteiger partial charge in [0, 0.05) is 19.7 Å². The lowest BCUT2D eigenvalue weighted by molar-refractivity contribution is 0.245. The number of aliphatic hydroxyl groups is 1. The second-order valence-electron chi connectivity index (χ2n) is 6.54. The molecule has 5 heteroatoms. The highest BCUT2D eigenvalue weighted by Gasteiger charge is 2.13. The lowest BCUT2D eigenvalue weighted by atomic mass is 9.94. The molecule has 23 heavy (non-hydrogen) atoms. The molecule has 0 aliphatic carbocycles. The first kappa shape index (κ1) is 19.6. The summed E-state index contributed by atoms with van der Waals surface area (Å²) in [6, 6.07) is 4.02. The number of rotatable bonds is 9. The van der Waals surface area contributed by atoms with Crippen molar-refractivity contribution in [3.63, 3.8) is 0 Å². The summed E-state index contributed by atoms with van der Waals surface area (Å²) in [5, 5.41) is 15.9. The minimum atomic E-state index is 0.0582. The predicted octanol–water partition coefficient (Wildman–Crippen LogP) is 3.25. The number of nitrogens with one attached hydrogen (secondary N) is 2. The quantitative estimate of drug-likeness (QED) is 0.482. The first-order chi connectivity index (χ1) is 11.0. The van der Waals surface area contributed by atoms with Gasteiger partial charge in [-0.2, -0.15) is 0 Å². The van der Waals surface area contributed by atoms with Gasteiger partial charge in [0.1, 0.15) is 11.5 Å². The Labute approximate surface area is 140 Å². The third-order valence-electron chi connectivity index (χ3n) is 3.74. The lowest BCUT2D eigenvalue weighted by Gasteiger charge is -2.19. The molecular weight excluding hydrogens is 290 g/mol. The largest absolute Gasteiger partial charge is 0.464 e.